The Bertz CT molecular complexity index is 680. The van der Waals surface area contributed by atoms with Crippen molar-refractivity contribution in [2.75, 3.05) is 27.8 Å². The largest absolute Gasteiger partial charge is 0.493 e. The van der Waals surface area contributed by atoms with Crippen LogP contribution in [0.3, 0.4) is 0 Å². The van der Waals surface area contributed by atoms with E-state index in [4.69, 9.17) is 14.3 Å². The highest BCUT2D eigenvalue weighted by atomic mass is 16.6. The van der Waals surface area contributed by atoms with Crippen molar-refractivity contribution in [1.29, 1.82) is 0 Å². The van der Waals surface area contributed by atoms with E-state index in [1.54, 1.807) is 14.2 Å². The molecule has 3 rings (SSSR count). The summed E-state index contributed by atoms with van der Waals surface area (Å²) < 4.78 is 11.0. The molecule has 26 heavy (non-hydrogen) atoms. The predicted octanol–water partition coefficient (Wildman–Crippen LogP) is 4.00. The number of methoxy groups -OCH3 is 2. The van der Waals surface area contributed by atoms with Gasteiger partial charge in [-0.25, -0.2) is 0 Å². The SMILES string of the molecule is COc1ccc([C@@]23CC/C(=N\OC(C)(C)C)C[C@@H]2N(C)CC3)cc1OC. The molecule has 0 N–H and O–H groups in total. The monoisotopic (exact) mass is 360 g/mol. The fourth-order valence-electron chi connectivity index (χ4n) is 4.37. The molecular weight excluding hydrogens is 328 g/mol. The molecule has 1 saturated heterocycles. The van der Waals surface area contributed by atoms with Crippen LogP contribution in [0.15, 0.2) is 23.4 Å². The molecule has 1 saturated carbocycles. The molecular formula is C21H32N2O3. The van der Waals surface area contributed by atoms with Crippen molar-refractivity contribution in [2.45, 2.75) is 63.5 Å². The van der Waals surface area contributed by atoms with E-state index in [-0.39, 0.29) is 11.0 Å². The molecule has 0 spiro atoms. The molecule has 0 radical (unpaired) electrons. The molecule has 2 atom stereocenters. The van der Waals surface area contributed by atoms with Gasteiger partial charge in [0.15, 0.2) is 11.5 Å². The zero-order valence-electron chi connectivity index (χ0n) is 17.0. The van der Waals surface area contributed by atoms with Crippen molar-refractivity contribution < 1.29 is 14.3 Å². The van der Waals surface area contributed by atoms with Crippen LogP contribution in [-0.4, -0.2) is 50.1 Å². The van der Waals surface area contributed by atoms with Crippen LogP contribution in [-0.2, 0) is 10.3 Å². The average molecular weight is 360 g/mol. The summed E-state index contributed by atoms with van der Waals surface area (Å²) in [5.41, 5.74) is 2.43. The summed E-state index contributed by atoms with van der Waals surface area (Å²) in [6, 6.07) is 6.85. The first-order chi connectivity index (χ1) is 12.3. The molecule has 5 heteroatoms. The molecule has 144 valence electrons. The van der Waals surface area contributed by atoms with Gasteiger partial charge in [-0.1, -0.05) is 11.2 Å². The summed E-state index contributed by atoms with van der Waals surface area (Å²) >= 11 is 0. The van der Waals surface area contributed by atoms with Gasteiger partial charge in [-0.15, -0.1) is 0 Å². The fourth-order valence-corrected chi connectivity index (χ4v) is 4.37. The van der Waals surface area contributed by atoms with Gasteiger partial charge in [0, 0.05) is 17.9 Å². The highest BCUT2D eigenvalue weighted by molar-refractivity contribution is 5.86. The van der Waals surface area contributed by atoms with Gasteiger partial charge in [0.1, 0.15) is 5.60 Å². The first-order valence-electron chi connectivity index (χ1n) is 9.46. The van der Waals surface area contributed by atoms with E-state index in [1.807, 2.05) is 26.8 Å². The second kappa shape index (κ2) is 7.10. The fraction of sp³-hybridized carbons (Fsp3) is 0.667. The minimum atomic E-state index is -0.244. The number of benzene rings is 1. The number of rotatable bonds is 4. The summed E-state index contributed by atoms with van der Waals surface area (Å²) in [4.78, 5) is 8.17. The maximum absolute atomic E-state index is 5.69. The van der Waals surface area contributed by atoms with Gasteiger partial charge in [0.2, 0.25) is 0 Å². The Kier molecular flexibility index (Phi) is 5.20. The zero-order valence-corrected chi connectivity index (χ0v) is 17.0. The van der Waals surface area contributed by atoms with Gasteiger partial charge < -0.3 is 19.2 Å². The van der Waals surface area contributed by atoms with E-state index in [1.165, 1.54) is 11.3 Å². The molecule has 1 aromatic rings. The van der Waals surface area contributed by atoms with E-state index in [2.05, 4.69) is 29.2 Å². The van der Waals surface area contributed by atoms with Crippen molar-refractivity contribution in [3.05, 3.63) is 23.8 Å². The molecule has 1 aliphatic carbocycles. The quantitative estimate of drug-likeness (QED) is 0.761. The molecule has 2 fully saturated rings. The lowest BCUT2D eigenvalue weighted by atomic mass is 9.65. The van der Waals surface area contributed by atoms with Crippen LogP contribution < -0.4 is 9.47 Å². The van der Waals surface area contributed by atoms with Crippen molar-refractivity contribution in [2.24, 2.45) is 5.16 Å². The standard InChI is InChI=1S/C21H32N2O3/c1-20(2,3)26-22-16-9-10-21(11-12-23(4)19(21)14-16)15-7-8-17(24-5)18(13-15)25-6/h7-8,13,19H,9-12,14H2,1-6H3/b22-16+/t19-,21-/m0/s1. The van der Waals surface area contributed by atoms with Crippen LogP contribution in [0.25, 0.3) is 0 Å². The third-order valence-electron chi connectivity index (χ3n) is 5.78. The number of ether oxygens (including phenoxy) is 2. The van der Waals surface area contributed by atoms with E-state index >= 15 is 0 Å². The number of oxime groups is 1. The van der Waals surface area contributed by atoms with Crippen molar-refractivity contribution >= 4 is 5.71 Å². The summed E-state index contributed by atoms with van der Waals surface area (Å²) in [7, 11) is 5.61. The van der Waals surface area contributed by atoms with Crippen molar-refractivity contribution in [3.63, 3.8) is 0 Å². The maximum atomic E-state index is 5.69. The summed E-state index contributed by atoms with van der Waals surface area (Å²) in [5.74, 6) is 1.59. The van der Waals surface area contributed by atoms with Gasteiger partial charge >= 0.3 is 0 Å². The Hall–Kier alpha value is -1.75. The van der Waals surface area contributed by atoms with E-state index in [0.29, 0.717) is 6.04 Å². The summed E-state index contributed by atoms with van der Waals surface area (Å²) in [6.07, 6.45) is 4.19. The molecule has 0 aromatic heterocycles. The van der Waals surface area contributed by atoms with E-state index in [9.17, 15) is 0 Å². The first-order valence-corrected chi connectivity index (χ1v) is 9.46. The number of hydrogen-bond donors (Lipinski definition) is 0. The van der Waals surface area contributed by atoms with Crippen molar-refractivity contribution in [3.8, 4) is 11.5 Å². The van der Waals surface area contributed by atoms with Crippen LogP contribution >= 0.6 is 0 Å². The summed E-state index contributed by atoms with van der Waals surface area (Å²) in [5, 5.41) is 4.48. The van der Waals surface area contributed by atoms with Gasteiger partial charge in [0.25, 0.3) is 0 Å². The van der Waals surface area contributed by atoms with Crippen molar-refractivity contribution in [1.82, 2.24) is 4.90 Å². The Morgan fingerprint density at radius 3 is 2.50 bits per heavy atom. The first kappa shape index (κ1) is 19.0. The number of likely N-dealkylation sites (tertiary alicyclic amines) is 1. The van der Waals surface area contributed by atoms with Gasteiger partial charge in [-0.3, -0.25) is 0 Å². The minimum Gasteiger partial charge on any atom is -0.493 e. The van der Waals surface area contributed by atoms with Crippen LogP contribution in [0.1, 0.15) is 52.0 Å². The van der Waals surface area contributed by atoms with Crippen LogP contribution in [0.2, 0.25) is 0 Å². The number of likely N-dealkylation sites (N-methyl/N-ethyl adjacent to an activating group) is 1. The lowest BCUT2D eigenvalue weighted by molar-refractivity contribution is -0.000654. The second-order valence-corrected chi connectivity index (χ2v) is 8.54. The zero-order chi connectivity index (χ0) is 18.9. The Morgan fingerprint density at radius 1 is 1.12 bits per heavy atom. The smallest absolute Gasteiger partial charge is 0.161 e. The highest BCUT2D eigenvalue weighted by Crippen LogP contribution is 2.49. The summed E-state index contributed by atoms with van der Waals surface area (Å²) in [6.45, 7) is 7.22. The Balaban J connectivity index is 1.90. The normalized spacial score (nSPS) is 28.1. The number of fused-ring (bicyclic) bond motifs is 1. The number of nitrogens with zero attached hydrogens (tertiary/aromatic N) is 2. The lowest BCUT2D eigenvalue weighted by Gasteiger charge is -2.42. The Labute approximate surface area is 157 Å². The topological polar surface area (TPSA) is 43.3 Å². The minimum absolute atomic E-state index is 0.148. The Morgan fingerprint density at radius 2 is 1.85 bits per heavy atom. The van der Waals surface area contributed by atoms with E-state index in [0.717, 1.165) is 43.7 Å². The highest BCUT2D eigenvalue weighted by Gasteiger charge is 2.50. The van der Waals surface area contributed by atoms with E-state index < -0.39 is 0 Å². The van der Waals surface area contributed by atoms with Gasteiger partial charge in [-0.2, -0.15) is 0 Å². The van der Waals surface area contributed by atoms with Crippen LogP contribution in [0, 0.1) is 0 Å². The molecule has 0 unspecified atom stereocenters. The molecule has 1 heterocycles. The third-order valence-corrected chi connectivity index (χ3v) is 5.78. The lowest BCUT2D eigenvalue weighted by Crippen LogP contribution is -2.46. The molecule has 1 aliphatic heterocycles. The molecule has 5 nitrogen and oxygen atoms in total. The molecule has 0 bridgehead atoms. The molecule has 2 aliphatic rings. The maximum Gasteiger partial charge on any atom is 0.161 e. The molecule has 1 aromatic carbocycles. The van der Waals surface area contributed by atoms with Gasteiger partial charge in [-0.05, 0) is 71.3 Å². The second-order valence-electron chi connectivity index (χ2n) is 8.54. The predicted molar refractivity (Wildman–Crippen MR) is 104 cm³/mol. The molecule has 0 amide bonds. The average Bonchev–Trinajstić information content (AvgIpc) is 2.96. The van der Waals surface area contributed by atoms with Crippen LogP contribution in [0.4, 0.5) is 0 Å². The number of hydrogen-bond acceptors (Lipinski definition) is 5. The third kappa shape index (κ3) is 3.54. The van der Waals surface area contributed by atoms with Crippen LogP contribution in [0.5, 0.6) is 11.5 Å². The van der Waals surface area contributed by atoms with Gasteiger partial charge in [0.05, 0.1) is 19.9 Å².